The lowest BCUT2D eigenvalue weighted by atomic mass is 9.83. The van der Waals surface area contributed by atoms with Crippen LogP contribution in [0.3, 0.4) is 0 Å². The molecule has 0 amide bonds. The second-order valence-corrected chi connectivity index (χ2v) is 7.58. The van der Waals surface area contributed by atoms with Crippen LogP contribution in [0.4, 0.5) is 0 Å². The lowest BCUT2D eigenvalue weighted by Gasteiger charge is -2.24. The van der Waals surface area contributed by atoms with E-state index < -0.39 is 0 Å². The predicted molar refractivity (Wildman–Crippen MR) is 121 cm³/mol. The number of aryl methyl sites for hydroxylation is 1. The lowest BCUT2D eigenvalue weighted by molar-refractivity contribution is 0.0918. The minimum atomic E-state index is -0.193. The molecule has 2 heterocycles. The Morgan fingerprint density at radius 2 is 1.72 bits per heavy atom. The van der Waals surface area contributed by atoms with Gasteiger partial charge < -0.3 is 4.74 Å². The first-order valence-corrected chi connectivity index (χ1v) is 10.4. The van der Waals surface area contributed by atoms with Gasteiger partial charge in [-0.1, -0.05) is 54.6 Å². The van der Waals surface area contributed by atoms with Crippen molar-refractivity contribution in [2.45, 2.75) is 12.8 Å². The summed E-state index contributed by atoms with van der Waals surface area (Å²) in [6, 6.07) is 23.2. The van der Waals surface area contributed by atoms with Gasteiger partial charge in [-0.2, -0.15) is 5.26 Å². The molecule has 1 aliphatic rings. The SMILES string of the molecule is N#Cc1c(OCC(=O)c2ccccc2)nc2c(c1-c1ccncc1)CCc1ccccc1-2. The molecule has 0 saturated heterocycles. The van der Waals surface area contributed by atoms with E-state index >= 15 is 0 Å². The Bertz CT molecular complexity index is 1340. The Morgan fingerprint density at radius 3 is 2.50 bits per heavy atom. The number of nitrogens with zero attached hydrogens (tertiary/aromatic N) is 3. The Kier molecular flexibility index (Phi) is 5.19. The summed E-state index contributed by atoms with van der Waals surface area (Å²) in [5.41, 5.74) is 6.66. The van der Waals surface area contributed by atoms with Gasteiger partial charge in [-0.3, -0.25) is 9.78 Å². The highest BCUT2D eigenvalue weighted by Crippen LogP contribution is 2.42. The second-order valence-electron chi connectivity index (χ2n) is 7.58. The number of ether oxygens (including phenoxy) is 1. The van der Waals surface area contributed by atoms with E-state index in [4.69, 9.17) is 9.72 Å². The number of nitriles is 1. The van der Waals surface area contributed by atoms with Gasteiger partial charge in [-0.05, 0) is 41.7 Å². The van der Waals surface area contributed by atoms with E-state index in [9.17, 15) is 10.1 Å². The van der Waals surface area contributed by atoms with Crippen LogP contribution in [0.25, 0.3) is 22.4 Å². The highest BCUT2D eigenvalue weighted by molar-refractivity contribution is 5.97. The van der Waals surface area contributed by atoms with Crippen molar-refractivity contribution in [2.24, 2.45) is 0 Å². The number of fused-ring (bicyclic) bond motifs is 3. The maximum absolute atomic E-state index is 12.6. The van der Waals surface area contributed by atoms with Crippen LogP contribution < -0.4 is 4.74 Å². The normalized spacial score (nSPS) is 11.7. The first kappa shape index (κ1) is 19.7. The van der Waals surface area contributed by atoms with Gasteiger partial charge in [0.25, 0.3) is 0 Å². The van der Waals surface area contributed by atoms with E-state index in [0.717, 1.165) is 40.8 Å². The average molecular weight is 417 g/mol. The summed E-state index contributed by atoms with van der Waals surface area (Å²) >= 11 is 0. The molecule has 0 radical (unpaired) electrons. The minimum absolute atomic E-state index is 0.167. The van der Waals surface area contributed by atoms with Crippen molar-refractivity contribution >= 4 is 5.78 Å². The minimum Gasteiger partial charge on any atom is -0.468 e. The average Bonchev–Trinajstić information content (AvgIpc) is 2.87. The zero-order valence-corrected chi connectivity index (χ0v) is 17.3. The summed E-state index contributed by atoms with van der Waals surface area (Å²) in [6.07, 6.45) is 5.06. The first-order chi connectivity index (χ1) is 15.8. The van der Waals surface area contributed by atoms with Gasteiger partial charge in [-0.25, -0.2) is 4.98 Å². The van der Waals surface area contributed by atoms with Crippen LogP contribution >= 0.6 is 0 Å². The topological polar surface area (TPSA) is 75.9 Å². The molecule has 0 N–H and O–H groups in total. The number of hydrogen-bond donors (Lipinski definition) is 0. The molecule has 4 aromatic rings. The van der Waals surface area contributed by atoms with Crippen LogP contribution in [0.5, 0.6) is 5.88 Å². The first-order valence-electron chi connectivity index (χ1n) is 10.4. The zero-order chi connectivity index (χ0) is 21.9. The Hall–Kier alpha value is -4.30. The summed E-state index contributed by atoms with van der Waals surface area (Å²) in [6.45, 7) is -0.193. The number of carbonyl (C=O) groups excluding carboxylic acids is 1. The number of pyridine rings is 2. The fraction of sp³-hybridized carbons (Fsp3) is 0.111. The van der Waals surface area contributed by atoms with Gasteiger partial charge in [0.05, 0.1) is 5.69 Å². The van der Waals surface area contributed by atoms with Crippen LogP contribution in [0.2, 0.25) is 0 Å². The molecule has 0 saturated carbocycles. The van der Waals surface area contributed by atoms with Crippen molar-refractivity contribution in [1.29, 1.82) is 5.26 Å². The summed E-state index contributed by atoms with van der Waals surface area (Å²) in [5, 5.41) is 10.1. The van der Waals surface area contributed by atoms with E-state index in [-0.39, 0.29) is 18.3 Å². The Labute approximate surface area is 186 Å². The quantitative estimate of drug-likeness (QED) is 0.425. The fourth-order valence-electron chi connectivity index (χ4n) is 4.18. The molecular weight excluding hydrogens is 398 g/mol. The smallest absolute Gasteiger partial charge is 0.233 e. The van der Waals surface area contributed by atoms with Crippen LogP contribution in [0.1, 0.15) is 27.0 Å². The van der Waals surface area contributed by atoms with Crippen molar-refractivity contribution in [3.63, 3.8) is 0 Å². The molecule has 0 aliphatic heterocycles. The van der Waals surface area contributed by atoms with Gasteiger partial charge >= 0.3 is 0 Å². The third-order valence-corrected chi connectivity index (χ3v) is 5.70. The molecule has 5 heteroatoms. The molecular formula is C27H19N3O2. The molecule has 32 heavy (non-hydrogen) atoms. The molecule has 154 valence electrons. The van der Waals surface area contributed by atoms with Crippen molar-refractivity contribution in [1.82, 2.24) is 9.97 Å². The Balaban J connectivity index is 1.64. The zero-order valence-electron chi connectivity index (χ0n) is 17.3. The number of ketones is 1. The molecule has 0 unspecified atom stereocenters. The number of hydrogen-bond acceptors (Lipinski definition) is 5. The molecule has 0 fully saturated rings. The standard InChI is InChI=1S/C27H19N3O2/c28-16-23-25(20-12-14-29-15-13-20)22-11-10-18-6-4-5-9-21(18)26(22)30-27(23)32-17-24(31)19-7-2-1-3-8-19/h1-9,12-15H,10-11,17H2. The van der Waals surface area contributed by atoms with Gasteiger partial charge in [0.1, 0.15) is 11.6 Å². The molecule has 0 atom stereocenters. The van der Waals surface area contributed by atoms with E-state index in [0.29, 0.717) is 11.1 Å². The molecule has 1 aliphatic carbocycles. The predicted octanol–water partition coefficient (Wildman–Crippen LogP) is 5.04. The fourth-order valence-corrected chi connectivity index (χ4v) is 4.18. The van der Waals surface area contributed by atoms with Crippen LogP contribution in [0, 0.1) is 11.3 Å². The molecule has 5 nitrogen and oxygen atoms in total. The van der Waals surface area contributed by atoms with Gasteiger partial charge in [0, 0.05) is 29.1 Å². The largest absolute Gasteiger partial charge is 0.468 e. The Morgan fingerprint density at radius 1 is 0.969 bits per heavy atom. The van der Waals surface area contributed by atoms with Crippen molar-refractivity contribution in [2.75, 3.05) is 6.61 Å². The monoisotopic (exact) mass is 417 g/mol. The van der Waals surface area contributed by atoms with E-state index in [1.54, 1.807) is 24.5 Å². The van der Waals surface area contributed by atoms with Crippen molar-refractivity contribution in [3.8, 4) is 34.3 Å². The summed E-state index contributed by atoms with van der Waals surface area (Å²) in [7, 11) is 0. The van der Waals surface area contributed by atoms with Crippen LogP contribution in [-0.2, 0) is 12.8 Å². The van der Waals surface area contributed by atoms with Crippen LogP contribution in [-0.4, -0.2) is 22.4 Å². The molecule has 0 bridgehead atoms. The van der Waals surface area contributed by atoms with Gasteiger partial charge in [0.2, 0.25) is 5.88 Å². The van der Waals surface area contributed by atoms with Gasteiger partial charge in [0.15, 0.2) is 12.4 Å². The van der Waals surface area contributed by atoms with Crippen molar-refractivity contribution in [3.05, 3.63) is 101 Å². The van der Waals surface area contributed by atoms with Gasteiger partial charge in [-0.15, -0.1) is 0 Å². The molecule has 2 aromatic carbocycles. The molecule has 2 aromatic heterocycles. The number of aromatic nitrogens is 2. The van der Waals surface area contributed by atoms with Crippen LogP contribution in [0.15, 0.2) is 79.1 Å². The number of Topliss-reactive ketones (excluding diaryl/α,β-unsaturated/α-hetero) is 1. The summed E-state index contributed by atoms with van der Waals surface area (Å²) < 4.78 is 5.89. The summed E-state index contributed by atoms with van der Waals surface area (Å²) in [5.74, 6) is 0.0129. The molecule has 0 spiro atoms. The second kappa shape index (κ2) is 8.44. The van der Waals surface area contributed by atoms with E-state index in [2.05, 4.69) is 17.1 Å². The summed E-state index contributed by atoms with van der Waals surface area (Å²) in [4.78, 5) is 21.5. The third kappa shape index (κ3) is 3.52. The number of rotatable bonds is 5. The maximum atomic E-state index is 12.6. The highest BCUT2D eigenvalue weighted by Gasteiger charge is 2.27. The third-order valence-electron chi connectivity index (χ3n) is 5.70. The number of carbonyl (C=O) groups is 1. The van der Waals surface area contributed by atoms with E-state index in [1.807, 2.05) is 48.5 Å². The van der Waals surface area contributed by atoms with Crippen molar-refractivity contribution < 1.29 is 9.53 Å². The number of benzene rings is 2. The van der Waals surface area contributed by atoms with E-state index in [1.165, 1.54) is 5.56 Å². The lowest BCUT2D eigenvalue weighted by Crippen LogP contribution is -2.15. The molecule has 5 rings (SSSR count). The highest BCUT2D eigenvalue weighted by atomic mass is 16.5. The maximum Gasteiger partial charge on any atom is 0.233 e.